The van der Waals surface area contributed by atoms with Gasteiger partial charge in [-0.25, -0.2) is 13.2 Å². The number of benzene rings is 3. The largest absolute Gasteiger partial charge is 0.205 e. The van der Waals surface area contributed by atoms with Crippen LogP contribution < -0.4 is 0 Å². The first-order valence-corrected chi connectivity index (χ1v) is 9.32. The summed E-state index contributed by atoms with van der Waals surface area (Å²) in [5.41, 5.74) is 0. The van der Waals surface area contributed by atoms with Gasteiger partial charge in [-0.2, -0.15) is 0 Å². The lowest BCUT2D eigenvalue weighted by Gasteiger charge is -2.10. The Morgan fingerprint density at radius 3 is 1.04 bits per heavy atom. The first-order valence-electron chi connectivity index (χ1n) is 6.96. The summed E-state index contributed by atoms with van der Waals surface area (Å²) in [6.45, 7) is 0. The minimum absolute atomic E-state index is 0.0450. The lowest BCUT2D eigenvalue weighted by atomic mass is 10.3. The van der Waals surface area contributed by atoms with Crippen LogP contribution in [0.4, 0.5) is 13.2 Å². The lowest BCUT2D eigenvalue weighted by molar-refractivity contribution is 0.627. The van der Waals surface area contributed by atoms with E-state index in [9.17, 15) is 13.2 Å². The van der Waals surface area contributed by atoms with Crippen molar-refractivity contribution >= 4 is 45.7 Å². The molecule has 3 rings (SSSR count). The topological polar surface area (TPSA) is 0 Å². The molecular weight excluding hydrogens is 412 g/mol. The van der Waals surface area contributed by atoms with Gasteiger partial charge in [0.25, 0.3) is 0 Å². The van der Waals surface area contributed by atoms with Crippen LogP contribution in [0.1, 0.15) is 0 Å². The van der Waals surface area contributed by atoms with Crippen molar-refractivity contribution in [3.63, 3.8) is 0 Å². The molecule has 0 amide bonds. The summed E-state index contributed by atoms with van der Waals surface area (Å²) >= 11 is 17.7. The normalized spacial score (nSPS) is 11.2. The van der Waals surface area contributed by atoms with Crippen molar-refractivity contribution in [1.29, 1.82) is 0 Å². The molecule has 0 fully saturated rings. The van der Waals surface area contributed by atoms with E-state index in [1.165, 1.54) is 36.4 Å². The molecule has 0 heterocycles. The summed E-state index contributed by atoms with van der Waals surface area (Å²) < 4.78 is 40.6. The molecule has 0 bridgehead atoms. The summed E-state index contributed by atoms with van der Waals surface area (Å²) in [5, 5.41) is -0.135. The van der Waals surface area contributed by atoms with Gasteiger partial charge in [-0.15, -0.1) is 0 Å². The third kappa shape index (κ3) is 3.93. The van der Waals surface area contributed by atoms with Crippen LogP contribution in [-0.2, 0) is 10.9 Å². The molecule has 128 valence electrons. The van der Waals surface area contributed by atoms with Gasteiger partial charge >= 0.3 is 0 Å². The highest BCUT2D eigenvalue weighted by molar-refractivity contribution is 7.97. The standard InChI is InChI=1S/C18H9Cl3F3S/c19-13-7-10(1-4-16(13)22)25(11-2-5-17(23)14(20)8-11)12-3-6-18(24)15(21)9-12/h1-9H/q+1. The van der Waals surface area contributed by atoms with Gasteiger partial charge in [0.15, 0.2) is 14.7 Å². The Balaban J connectivity index is 2.21. The van der Waals surface area contributed by atoms with E-state index < -0.39 is 28.3 Å². The second kappa shape index (κ2) is 7.50. The molecule has 0 aliphatic carbocycles. The molecule has 0 N–H and O–H groups in total. The fourth-order valence-electron chi connectivity index (χ4n) is 2.22. The van der Waals surface area contributed by atoms with E-state index in [0.29, 0.717) is 14.7 Å². The second-order valence-corrected chi connectivity index (χ2v) is 8.28. The maximum absolute atomic E-state index is 13.5. The second-order valence-electron chi connectivity index (χ2n) is 5.03. The first kappa shape index (κ1) is 18.5. The highest BCUT2D eigenvalue weighted by Gasteiger charge is 2.31. The molecule has 0 aliphatic heterocycles. The van der Waals surface area contributed by atoms with Crippen molar-refractivity contribution in [3.8, 4) is 0 Å². The maximum atomic E-state index is 13.5. The molecular formula is C18H9Cl3F3S+. The number of hydrogen-bond acceptors (Lipinski definition) is 0. The molecule has 0 atom stereocenters. The Bertz CT molecular complexity index is 824. The minimum atomic E-state index is -0.824. The molecule has 0 spiro atoms. The number of rotatable bonds is 3. The highest BCUT2D eigenvalue weighted by atomic mass is 35.5. The predicted octanol–water partition coefficient (Wildman–Crippen LogP) is 7.16. The molecule has 3 aromatic rings. The maximum Gasteiger partial charge on any atom is 0.168 e. The van der Waals surface area contributed by atoms with Crippen LogP contribution >= 0.6 is 34.8 Å². The van der Waals surface area contributed by atoms with Crippen LogP contribution in [0.5, 0.6) is 0 Å². The molecule has 0 aromatic heterocycles. The van der Waals surface area contributed by atoms with E-state index in [4.69, 9.17) is 34.8 Å². The SMILES string of the molecule is Fc1ccc([S+](c2ccc(F)c(Cl)c2)c2ccc(F)c(Cl)c2)cc1Cl. The zero-order chi connectivity index (χ0) is 18.1. The molecule has 0 aliphatic rings. The van der Waals surface area contributed by atoms with Crippen LogP contribution in [0.2, 0.25) is 15.1 Å². The summed E-state index contributed by atoms with van der Waals surface area (Å²) in [7, 11) is -0.824. The van der Waals surface area contributed by atoms with Gasteiger partial charge in [0, 0.05) is 18.2 Å². The van der Waals surface area contributed by atoms with E-state index >= 15 is 0 Å². The number of hydrogen-bond donors (Lipinski definition) is 0. The summed E-state index contributed by atoms with van der Waals surface area (Å²) in [4.78, 5) is 1.99. The van der Waals surface area contributed by atoms with Gasteiger partial charge < -0.3 is 0 Å². The van der Waals surface area contributed by atoms with Gasteiger partial charge in [0.2, 0.25) is 0 Å². The van der Waals surface area contributed by atoms with Crippen LogP contribution in [0.15, 0.2) is 69.3 Å². The number of halogens is 6. The zero-order valence-corrected chi connectivity index (χ0v) is 15.5. The summed E-state index contributed by atoms with van der Waals surface area (Å²) in [6.07, 6.45) is 0. The van der Waals surface area contributed by atoms with Crippen molar-refractivity contribution in [1.82, 2.24) is 0 Å². The fourth-order valence-corrected chi connectivity index (χ4v) is 5.09. The van der Waals surface area contributed by atoms with Gasteiger partial charge in [-0.05, 0) is 36.4 Å². The summed E-state index contributed by atoms with van der Waals surface area (Å²) in [6, 6.07) is 12.9. The highest BCUT2D eigenvalue weighted by Crippen LogP contribution is 2.36. The Hall–Kier alpha value is -1.33. The summed E-state index contributed by atoms with van der Waals surface area (Å²) in [5.74, 6) is -1.66. The van der Waals surface area contributed by atoms with Gasteiger partial charge in [0.05, 0.1) is 26.0 Å². The molecule has 3 aromatic carbocycles. The smallest absolute Gasteiger partial charge is 0.168 e. The van der Waals surface area contributed by atoms with Gasteiger partial charge in [-0.1, -0.05) is 34.8 Å². The van der Waals surface area contributed by atoms with Gasteiger partial charge in [0.1, 0.15) is 17.5 Å². The average molecular weight is 421 g/mol. The predicted molar refractivity (Wildman–Crippen MR) is 96.4 cm³/mol. The van der Waals surface area contributed by atoms with Crippen LogP contribution in [0, 0.1) is 17.5 Å². The van der Waals surface area contributed by atoms with E-state index in [-0.39, 0.29) is 15.1 Å². The van der Waals surface area contributed by atoms with Crippen molar-refractivity contribution in [2.24, 2.45) is 0 Å². The molecule has 0 radical (unpaired) electrons. The van der Waals surface area contributed by atoms with E-state index in [1.807, 2.05) is 0 Å². The monoisotopic (exact) mass is 419 g/mol. The van der Waals surface area contributed by atoms with Gasteiger partial charge in [-0.3, -0.25) is 0 Å². The molecule has 0 unspecified atom stereocenters. The first-order chi connectivity index (χ1) is 11.9. The Morgan fingerprint density at radius 1 is 0.520 bits per heavy atom. The van der Waals surface area contributed by atoms with Crippen LogP contribution in [0.3, 0.4) is 0 Å². The van der Waals surface area contributed by atoms with Crippen molar-refractivity contribution < 1.29 is 13.2 Å². The zero-order valence-electron chi connectivity index (χ0n) is 12.4. The van der Waals surface area contributed by atoms with E-state index in [1.54, 1.807) is 18.2 Å². The average Bonchev–Trinajstić information content (AvgIpc) is 2.57. The Kier molecular flexibility index (Phi) is 5.54. The molecule has 7 heteroatoms. The lowest BCUT2D eigenvalue weighted by Crippen LogP contribution is -2.06. The molecule has 25 heavy (non-hydrogen) atoms. The van der Waals surface area contributed by atoms with Crippen molar-refractivity contribution in [2.45, 2.75) is 14.7 Å². The third-order valence-electron chi connectivity index (χ3n) is 3.38. The van der Waals surface area contributed by atoms with E-state index in [2.05, 4.69) is 0 Å². The van der Waals surface area contributed by atoms with Crippen LogP contribution in [0.25, 0.3) is 0 Å². The quantitative estimate of drug-likeness (QED) is 0.394. The minimum Gasteiger partial charge on any atom is -0.205 e. The molecule has 0 saturated carbocycles. The molecule has 0 nitrogen and oxygen atoms in total. The van der Waals surface area contributed by atoms with Crippen LogP contribution in [-0.4, -0.2) is 0 Å². The molecule has 0 saturated heterocycles. The Labute approximate surface area is 160 Å². The Morgan fingerprint density at radius 2 is 0.800 bits per heavy atom. The fraction of sp³-hybridized carbons (Fsp3) is 0. The van der Waals surface area contributed by atoms with Crippen molar-refractivity contribution in [2.75, 3.05) is 0 Å². The van der Waals surface area contributed by atoms with E-state index in [0.717, 1.165) is 0 Å². The van der Waals surface area contributed by atoms with Crippen molar-refractivity contribution in [3.05, 3.63) is 87.1 Å². The third-order valence-corrected chi connectivity index (χ3v) is 6.43.